The second-order valence-corrected chi connectivity index (χ2v) is 8.07. The molecule has 2 rings (SSSR count). The van der Waals surface area contributed by atoms with Crippen LogP contribution in [0.3, 0.4) is 0 Å². The highest BCUT2D eigenvalue weighted by atomic mass is 32.2. The van der Waals surface area contributed by atoms with Crippen molar-refractivity contribution in [1.29, 1.82) is 0 Å². The summed E-state index contributed by atoms with van der Waals surface area (Å²) in [5.74, 6) is -0.330. The van der Waals surface area contributed by atoms with E-state index in [-0.39, 0.29) is 12.5 Å². The van der Waals surface area contributed by atoms with Gasteiger partial charge in [-0.1, -0.05) is 36.8 Å². The Labute approximate surface area is 120 Å². The number of hydrogen-bond acceptors (Lipinski definition) is 3. The molecular weight excluding hydrogens is 277 g/mol. The first-order valence-electron chi connectivity index (χ1n) is 7.01. The lowest BCUT2D eigenvalue weighted by Crippen LogP contribution is -2.42. The van der Waals surface area contributed by atoms with Gasteiger partial charge in [-0.3, -0.25) is 0 Å². The molecule has 5 heteroatoms. The Hall–Kier alpha value is -0.940. The third-order valence-corrected chi connectivity index (χ3v) is 6.07. The van der Waals surface area contributed by atoms with Crippen LogP contribution in [0.15, 0.2) is 30.3 Å². The van der Waals surface area contributed by atoms with Crippen molar-refractivity contribution < 1.29 is 12.8 Å². The van der Waals surface area contributed by atoms with Gasteiger partial charge in [-0.2, -0.15) is 0 Å². The topological polar surface area (TPSA) is 60.2 Å². The molecule has 2 N–H and O–H groups in total. The maximum atomic E-state index is 15.4. The van der Waals surface area contributed by atoms with E-state index >= 15 is 4.39 Å². The average molecular weight is 299 g/mol. The number of nitrogens with two attached hydrogens (primary N) is 1. The van der Waals surface area contributed by atoms with Crippen molar-refractivity contribution in [3.8, 4) is 0 Å². The zero-order valence-electron chi connectivity index (χ0n) is 11.8. The number of hydrogen-bond donors (Lipinski definition) is 1. The molecule has 0 heterocycles. The predicted molar refractivity (Wildman–Crippen MR) is 78.9 cm³/mol. The zero-order valence-corrected chi connectivity index (χ0v) is 12.6. The summed E-state index contributed by atoms with van der Waals surface area (Å²) in [5.41, 5.74) is 4.62. The molecule has 0 aliphatic heterocycles. The Kier molecular flexibility index (Phi) is 4.49. The van der Waals surface area contributed by atoms with Gasteiger partial charge in [-0.05, 0) is 30.7 Å². The minimum absolute atomic E-state index is 0.113. The van der Waals surface area contributed by atoms with Crippen molar-refractivity contribution in [2.45, 2.75) is 36.6 Å². The van der Waals surface area contributed by atoms with Crippen LogP contribution >= 0.6 is 0 Å². The maximum Gasteiger partial charge on any atom is 0.150 e. The molecule has 0 radical (unpaired) electrons. The summed E-state index contributed by atoms with van der Waals surface area (Å²) < 4.78 is 38.8. The van der Waals surface area contributed by atoms with Crippen LogP contribution in [0.25, 0.3) is 0 Å². The van der Waals surface area contributed by atoms with Crippen LogP contribution in [0.5, 0.6) is 0 Å². The van der Waals surface area contributed by atoms with Gasteiger partial charge < -0.3 is 5.73 Å². The van der Waals surface area contributed by atoms with Crippen molar-refractivity contribution in [1.82, 2.24) is 0 Å². The van der Waals surface area contributed by atoms with E-state index in [0.29, 0.717) is 24.8 Å². The van der Waals surface area contributed by atoms with Gasteiger partial charge in [0.1, 0.15) is 9.84 Å². The fraction of sp³-hybridized carbons (Fsp3) is 0.600. The summed E-state index contributed by atoms with van der Waals surface area (Å²) in [6, 6.07) is 8.88. The first-order chi connectivity index (χ1) is 9.38. The molecule has 0 aromatic heterocycles. The Balaban J connectivity index is 2.28. The van der Waals surface area contributed by atoms with E-state index in [0.717, 1.165) is 6.42 Å². The monoisotopic (exact) mass is 299 g/mol. The van der Waals surface area contributed by atoms with Gasteiger partial charge in [0.25, 0.3) is 0 Å². The average Bonchev–Trinajstić information content (AvgIpc) is 2.46. The highest BCUT2D eigenvalue weighted by Gasteiger charge is 2.43. The minimum atomic E-state index is -3.12. The Morgan fingerprint density at radius 3 is 2.50 bits per heavy atom. The number of rotatable bonds is 4. The highest BCUT2D eigenvalue weighted by molar-refractivity contribution is 7.91. The lowest BCUT2D eigenvalue weighted by atomic mass is 9.74. The van der Waals surface area contributed by atoms with E-state index in [2.05, 4.69) is 0 Å². The fourth-order valence-electron chi connectivity index (χ4n) is 3.18. The number of sulfone groups is 1. The molecule has 112 valence electrons. The van der Waals surface area contributed by atoms with E-state index in [1.54, 1.807) is 24.3 Å². The van der Waals surface area contributed by atoms with Crippen LogP contribution in [-0.2, 0) is 15.5 Å². The first kappa shape index (κ1) is 15.4. The van der Waals surface area contributed by atoms with Gasteiger partial charge in [0.05, 0.1) is 5.25 Å². The first-order valence-corrected chi connectivity index (χ1v) is 8.96. The SMILES string of the molecule is CS(=O)(=O)C1CCCC(C(F)(CN)c2ccccc2)C1. The molecule has 1 aromatic carbocycles. The van der Waals surface area contributed by atoms with Crippen LogP contribution in [0.1, 0.15) is 31.2 Å². The van der Waals surface area contributed by atoms with E-state index < -0.39 is 20.8 Å². The molecule has 0 saturated heterocycles. The third-order valence-electron chi connectivity index (χ3n) is 4.43. The summed E-state index contributed by atoms with van der Waals surface area (Å²) in [6.07, 6.45) is 3.66. The van der Waals surface area contributed by atoms with Gasteiger partial charge in [0.2, 0.25) is 0 Å². The summed E-state index contributed by atoms with van der Waals surface area (Å²) in [5, 5.41) is -0.438. The third kappa shape index (κ3) is 3.04. The van der Waals surface area contributed by atoms with Crippen LogP contribution < -0.4 is 5.73 Å². The molecule has 1 aromatic rings. The summed E-state index contributed by atoms with van der Waals surface area (Å²) in [4.78, 5) is 0. The van der Waals surface area contributed by atoms with Crippen molar-refractivity contribution in [2.75, 3.05) is 12.8 Å². The molecule has 1 aliphatic rings. The van der Waals surface area contributed by atoms with Gasteiger partial charge in [-0.15, -0.1) is 0 Å². The minimum Gasteiger partial charge on any atom is -0.327 e. The van der Waals surface area contributed by atoms with Crippen molar-refractivity contribution in [2.24, 2.45) is 11.7 Å². The number of alkyl halides is 1. The van der Waals surface area contributed by atoms with Crippen molar-refractivity contribution in [3.63, 3.8) is 0 Å². The molecule has 0 bridgehead atoms. The second kappa shape index (κ2) is 5.82. The normalized spacial score (nSPS) is 26.9. The van der Waals surface area contributed by atoms with Crippen LogP contribution in [0.2, 0.25) is 0 Å². The lowest BCUT2D eigenvalue weighted by Gasteiger charge is -2.38. The quantitative estimate of drug-likeness (QED) is 0.929. The van der Waals surface area contributed by atoms with E-state index in [9.17, 15) is 8.42 Å². The molecule has 0 amide bonds. The molecular formula is C15H22FNO2S. The summed E-state index contributed by atoms with van der Waals surface area (Å²) in [7, 11) is -3.12. The van der Waals surface area contributed by atoms with E-state index in [1.807, 2.05) is 6.07 Å². The largest absolute Gasteiger partial charge is 0.327 e. The fourth-order valence-corrected chi connectivity index (χ4v) is 4.36. The smallest absolute Gasteiger partial charge is 0.150 e. The molecule has 1 aliphatic carbocycles. The van der Waals surface area contributed by atoms with E-state index in [1.165, 1.54) is 6.26 Å². The summed E-state index contributed by atoms with van der Waals surface area (Å²) >= 11 is 0. The van der Waals surface area contributed by atoms with Crippen molar-refractivity contribution in [3.05, 3.63) is 35.9 Å². The molecule has 3 unspecified atom stereocenters. The predicted octanol–water partition coefficient (Wildman–Crippen LogP) is 2.41. The number of halogens is 1. The maximum absolute atomic E-state index is 15.4. The number of benzene rings is 1. The molecule has 1 saturated carbocycles. The van der Waals surface area contributed by atoms with Crippen LogP contribution in [0, 0.1) is 5.92 Å². The Bertz CT molecular complexity index is 546. The lowest BCUT2D eigenvalue weighted by molar-refractivity contribution is 0.0625. The molecule has 3 atom stereocenters. The van der Waals surface area contributed by atoms with Crippen molar-refractivity contribution >= 4 is 9.84 Å². The van der Waals surface area contributed by atoms with Crippen LogP contribution in [0.4, 0.5) is 4.39 Å². The second-order valence-electron chi connectivity index (χ2n) is 5.75. The molecule has 3 nitrogen and oxygen atoms in total. The molecule has 0 spiro atoms. The standard InChI is InChI=1S/C15H22FNO2S/c1-20(18,19)14-9-5-8-13(10-14)15(16,11-17)12-6-3-2-4-7-12/h2-4,6-7,13-14H,5,8-11,17H2,1H3. The van der Waals surface area contributed by atoms with Gasteiger partial charge in [0, 0.05) is 12.8 Å². The Morgan fingerprint density at radius 2 is 1.95 bits per heavy atom. The molecule has 20 heavy (non-hydrogen) atoms. The van der Waals surface area contributed by atoms with Crippen LogP contribution in [-0.4, -0.2) is 26.5 Å². The van der Waals surface area contributed by atoms with Gasteiger partial charge in [0.15, 0.2) is 5.67 Å². The Morgan fingerprint density at radius 1 is 1.30 bits per heavy atom. The summed E-state index contributed by atoms with van der Waals surface area (Å²) in [6.45, 7) is -0.113. The van der Waals surface area contributed by atoms with Gasteiger partial charge in [-0.25, -0.2) is 12.8 Å². The molecule has 1 fully saturated rings. The van der Waals surface area contributed by atoms with E-state index in [4.69, 9.17) is 5.73 Å². The van der Waals surface area contributed by atoms with Gasteiger partial charge >= 0.3 is 0 Å². The highest BCUT2D eigenvalue weighted by Crippen LogP contribution is 2.43. The zero-order chi connectivity index (χ0) is 14.8.